The molecule has 3 aromatic rings. The van der Waals surface area contributed by atoms with Crippen LogP contribution in [0.15, 0.2) is 58.5 Å². The minimum absolute atomic E-state index is 0.0814. The first-order chi connectivity index (χ1) is 12.7. The number of hydrogen-bond donors (Lipinski definition) is 1. The van der Waals surface area contributed by atoms with E-state index >= 15 is 0 Å². The molecule has 7 nitrogen and oxygen atoms in total. The first-order valence-electron chi connectivity index (χ1n) is 8.01. The molecule has 2 heterocycles. The van der Waals surface area contributed by atoms with Gasteiger partial charge in [-0.3, -0.25) is 4.79 Å². The number of ketones is 1. The summed E-state index contributed by atoms with van der Waals surface area (Å²) in [6, 6.07) is 14.3. The maximum atomic E-state index is 12.5. The van der Waals surface area contributed by atoms with Crippen LogP contribution in [0.1, 0.15) is 10.4 Å². The van der Waals surface area contributed by atoms with E-state index in [1.807, 2.05) is 30.3 Å². The summed E-state index contributed by atoms with van der Waals surface area (Å²) in [4.78, 5) is 24.5. The molecule has 0 amide bonds. The maximum absolute atomic E-state index is 12.5. The molecule has 1 aliphatic heterocycles. The number of carbonyl (C=O) groups is 1. The van der Waals surface area contributed by atoms with Gasteiger partial charge in [0, 0.05) is 5.56 Å². The Kier molecular flexibility index (Phi) is 4.49. The highest BCUT2D eigenvalue weighted by atomic mass is 32.2. The van der Waals surface area contributed by atoms with E-state index in [1.165, 1.54) is 16.3 Å². The Bertz CT molecular complexity index is 997. The number of H-pyrrole nitrogens is 1. The van der Waals surface area contributed by atoms with Crippen molar-refractivity contribution in [1.29, 1.82) is 0 Å². The molecular weight excluding hydrogens is 354 g/mol. The highest BCUT2D eigenvalue weighted by Gasteiger charge is 2.17. The minimum atomic E-state index is -0.342. The lowest BCUT2D eigenvalue weighted by molar-refractivity contribution is 0.102. The van der Waals surface area contributed by atoms with Crippen LogP contribution < -0.4 is 15.2 Å². The molecule has 1 aliphatic rings. The van der Waals surface area contributed by atoms with Gasteiger partial charge in [-0.25, -0.2) is 14.5 Å². The average molecular weight is 369 g/mol. The zero-order valence-electron chi connectivity index (χ0n) is 13.7. The van der Waals surface area contributed by atoms with Gasteiger partial charge >= 0.3 is 5.69 Å². The Labute approximate surface area is 152 Å². The fraction of sp³-hybridized carbons (Fsp3) is 0.167. The molecule has 0 spiro atoms. The molecule has 0 radical (unpaired) electrons. The highest BCUT2D eigenvalue weighted by Crippen LogP contribution is 2.31. The molecule has 0 unspecified atom stereocenters. The summed E-state index contributed by atoms with van der Waals surface area (Å²) in [7, 11) is 0. The third kappa shape index (κ3) is 3.23. The van der Waals surface area contributed by atoms with Gasteiger partial charge in [-0.1, -0.05) is 30.0 Å². The number of nitrogens with zero attached hydrogens (tertiary/aromatic N) is 2. The fourth-order valence-electron chi connectivity index (χ4n) is 2.61. The van der Waals surface area contributed by atoms with Crippen molar-refractivity contribution < 1.29 is 14.3 Å². The SMILES string of the molecule is O=C(CSc1n[nH]c(=O)n1-c1ccccc1)c1ccc2c(c1)OCCO2. The topological polar surface area (TPSA) is 86.2 Å². The predicted molar refractivity (Wildman–Crippen MR) is 96.7 cm³/mol. The summed E-state index contributed by atoms with van der Waals surface area (Å²) in [5.41, 5.74) is 0.886. The quantitative estimate of drug-likeness (QED) is 0.549. The van der Waals surface area contributed by atoms with Crippen molar-refractivity contribution in [2.75, 3.05) is 19.0 Å². The molecular formula is C18H15N3O4S. The largest absolute Gasteiger partial charge is 0.486 e. The van der Waals surface area contributed by atoms with Crippen LogP contribution in [0, 0.1) is 0 Å². The number of para-hydroxylation sites is 1. The van der Waals surface area contributed by atoms with Gasteiger partial charge in [-0.2, -0.15) is 0 Å². The predicted octanol–water partition coefficient (Wildman–Crippen LogP) is 2.31. The molecule has 0 fully saturated rings. The number of thioether (sulfide) groups is 1. The summed E-state index contributed by atoms with van der Waals surface area (Å²) in [5, 5.41) is 6.89. The monoisotopic (exact) mass is 369 g/mol. The third-order valence-corrected chi connectivity index (χ3v) is 4.79. The Balaban J connectivity index is 1.51. The number of carbonyl (C=O) groups excluding carboxylic acids is 1. The van der Waals surface area contributed by atoms with Gasteiger partial charge in [0.1, 0.15) is 13.2 Å². The van der Waals surface area contributed by atoms with E-state index in [-0.39, 0.29) is 17.2 Å². The Morgan fingerprint density at radius 2 is 1.88 bits per heavy atom. The molecule has 4 rings (SSSR count). The first kappa shape index (κ1) is 16.5. The number of benzene rings is 2. The van der Waals surface area contributed by atoms with Crippen LogP contribution in [-0.2, 0) is 0 Å². The van der Waals surface area contributed by atoms with Gasteiger partial charge in [0.25, 0.3) is 0 Å². The molecule has 0 saturated heterocycles. The Morgan fingerprint density at radius 3 is 2.69 bits per heavy atom. The van der Waals surface area contributed by atoms with Gasteiger partial charge in [0.05, 0.1) is 11.4 Å². The second-order valence-corrected chi connectivity index (χ2v) is 6.50. The highest BCUT2D eigenvalue weighted by molar-refractivity contribution is 7.99. The number of nitrogens with one attached hydrogen (secondary N) is 1. The smallest absolute Gasteiger partial charge is 0.348 e. The summed E-state index contributed by atoms with van der Waals surface area (Å²) >= 11 is 1.20. The van der Waals surface area contributed by atoms with E-state index < -0.39 is 0 Å². The number of hydrogen-bond acceptors (Lipinski definition) is 6. The lowest BCUT2D eigenvalue weighted by Gasteiger charge is -2.18. The van der Waals surface area contributed by atoms with Crippen LogP contribution >= 0.6 is 11.8 Å². The van der Waals surface area contributed by atoms with Crippen molar-refractivity contribution >= 4 is 17.5 Å². The van der Waals surface area contributed by atoms with Crippen molar-refractivity contribution in [1.82, 2.24) is 14.8 Å². The summed E-state index contributed by atoms with van der Waals surface area (Å²) in [6.45, 7) is 0.975. The van der Waals surface area contributed by atoms with Gasteiger partial charge in [0.15, 0.2) is 22.4 Å². The van der Waals surface area contributed by atoms with Crippen molar-refractivity contribution in [3.8, 4) is 17.2 Å². The number of aromatic nitrogens is 3. The number of Topliss-reactive ketones (excluding diaryl/α,β-unsaturated/α-hetero) is 1. The van der Waals surface area contributed by atoms with Gasteiger partial charge < -0.3 is 9.47 Å². The molecule has 8 heteroatoms. The van der Waals surface area contributed by atoms with Crippen LogP contribution in [0.25, 0.3) is 5.69 Å². The summed E-state index contributed by atoms with van der Waals surface area (Å²) in [5.74, 6) is 1.29. The summed E-state index contributed by atoms with van der Waals surface area (Å²) < 4.78 is 12.4. The van der Waals surface area contributed by atoms with E-state index in [1.54, 1.807) is 18.2 Å². The van der Waals surface area contributed by atoms with Crippen LogP contribution in [0.2, 0.25) is 0 Å². The minimum Gasteiger partial charge on any atom is -0.486 e. The number of ether oxygens (including phenoxy) is 2. The standard InChI is InChI=1S/C18H15N3O4S/c22-14(12-6-7-15-16(10-12)25-9-8-24-15)11-26-18-20-19-17(23)21(18)13-4-2-1-3-5-13/h1-7,10H,8-9,11H2,(H,19,23). The zero-order valence-corrected chi connectivity index (χ0v) is 14.5. The number of fused-ring (bicyclic) bond motifs is 1. The molecule has 1 aromatic heterocycles. The molecule has 0 bridgehead atoms. The second-order valence-electron chi connectivity index (χ2n) is 5.55. The van der Waals surface area contributed by atoms with Crippen molar-refractivity contribution in [3.05, 3.63) is 64.6 Å². The van der Waals surface area contributed by atoms with Gasteiger partial charge in [0.2, 0.25) is 0 Å². The number of aromatic amines is 1. The van der Waals surface area contributed by atoms with Crippen molar-refractivity contribution in [3.63, 3.8) is 0 Å². The molecule has 26 heavy (non-hydrogen) atoms. The van der Waals surface area contributed by atoms with Gasteiger partial charge in [-0.15, -0.1) is 5.10 Å². The van der Waals surface area contributed by atoms with Crippen LogP contribution in [-0.4, -0.2) is 39.5 Å². The first-order valence-corrected chi connectivity index (χ1v) is 8.99. The molecule has 132 valence electrons. The molecule has 2 aromatic carbocycles. The normalized spacial score (nSPS) is 12.8. The molecule has 0 atom stereocenters. The lowest BCUT2D eigenvalue weighted by atomic mass is 10.1. The van der Waals surface area contributed by atoms with E-state index in [2.05, 4.69) is 10.2 Å². The van der Waals surface area contributed by atoms with Crippen LogP contribution in [0.3, 0.4) is 0 Å². The van der Waals surface area contributed by atoms with Crippen molar-refractivity contribution in [2.45, 2.75) is 5.16 Å². The average Bonchev–Trinajstić information content (AvgIpc) is 3.06. The molecule has 0 saturated carbocycles. The maximum Gasteiger partial charge on any atom is 0.348 e. The Hall–Kier alpha value is -3.00. The van der Waals surface area contributed by atoms with Crippen molar-refractivity contribution in [2.24, 2.45) is 0 Å². The lowest BCUT2D eigenvalue weighted by Crippen LogP contribution is -2.16. The van der Waals surface area contributed by atoms with E-state index in [0.717, 1.165) is 0 Å². The second kappa shape index (κ2) is 7.09. The summed E-state index contributed by atoms with van der Waals surface area (Å²) in [6.07, 6.45) is 0. The van der Waals surface area contributed by atoms with Gasteiger partial charge in [-0.05, 0) is 30.3 Å². The number of rotatable bonds is 5. The molecule has 1 N–H and O–H groups in total. The third-order valence-electron chi connectivity index (χ3n) is 3.85. The Morgan fingerprint density at radius 1 is 1.12 bits per heavy atom. The molecule has 0 aliphatic carbocycles. The van der Waals surface area contributed by atoms with E-state index in [9.17, 15) is 9.59 Å². The zero-order chi connectivity index (χ0) is 17.9. The van der Waals surface area contributed by atoms with Crippen LogP contribution in [0.4, 0.5) is 0 Å². The van der Waals surface area contributed by atoms with E-state index in [4.69, 9.17) is 9.47 Å². The fourth-order valence-corrected chi connectivity index (χ4v) is 3.47. The van der Waals surface area contributed by atoms with E-state index in [0.29, 0.717) is 41.1 Å². The van der Waals surface area contributed by atoms with Crippen LogP contribution in [0.5, 0.6) is 11.5 Å².